The number of hydrogen-bond acceptors (Lipinski definition) is 5. The Bertz CT molecular complexity index is 352. The van der Waals surface area contributed by atoms with Crippen LogP contribution >= 0.6 is 11.8 Å². The van der Waals surface area contributed by atoms with E-state index in [-0.39, 0.29) is 5.69 Å². The van der Waals surface area contributed by atoms with E-state index in [0.29, 0.717) is 0 Å². The fraction of sp³-hybridized carbons (Fsp3) is 0.545. The quantitative estimate of drug-likeness (QED) is 0.747. The molecule has 6 heteroatoms. The molecule has 0 amide bonds. The van der Waals surface area contributed by atoms with Crippen LogP contribution in [0.1, 0.15) is 24.3 Å². The third kappa shape index (κ3) is 4.70. The number of thioether (sulfide) groups is 1. The summed E-state index contributed by atoms with van der Waals surface area (Å²) in [5.74, 6) is -0.111. The highest BCUT2D eigenvalue weighted by Crippen LogP contribution is 2.14. The molecule has 1 aromatic rings. The monoisotopic (exact) mass is 255 g/mol. The normalized spacial score (nSPS) is 10.8. The predicted molar refractivity (Wildman–Crippen MR) is 67.5 cm³/mol. The van der Waals surface area contributed by atoms with E-state index in [1.165, 1.54) is 6.07 Å². The second kappa shape index (κ2) is 7.24. The molecule has 0 spiro atoms. The lowest BCUT2D eigenvalue weighted by molar-refractivity contribution is 0.0689. The zero-order chi connectivity index (χ0) is 12.7. The highest BCUT2D eigenvalue weighted by atomic mass is 32.2. The van der Waals surface area contributed by atoms with Crippen molar-refractivity contribution < 1.29 is 9.90 Å². The Morgan fingerprint density at radius 2 is 2.06 bits per heavy atom. The second-order valence-corrected chi connectivity index (χ2v) is 4.55. The van der Waals surface area contributed by atoms with E-state index in [1.54, 1.807) is 17.8 Å². The number of nitrogens with zero attached hydrogens (tertiary/aromatic N) is 3. The van der Waals surface area contributed by atoms with Gasteiger partial charge in [-0.1, -0.05) is 13.8 Å². The first kappa shape index (κ1) is 13.9. The number of carbonyl (C=O) groups is 1. The highest BCUT2D eigenvalue weighted by molar-refractivity contribution is 7.99. The van der Waals surface area contributed by atoms with Gasteiger partial charge in [0.2, 0.25) is 0 Å². The van der Waals surface area contributed by atoms with Crippen molar-refractivity contribution in [3.05, 3.63) is 17.8 Å². The molecular formula is C11H17N3O2S. The molecule has 17 heavy (non-hydrogen) atoms. The van der Waals surface area contributed by atoms with Crippen LogP contribution in [0.25, 0.3) is 0 Å². The van der Waals surface area contributed by atoms with E-state index >= 15 is 0 Å². The molecule has 0 aromatic carbocycles. The molecule has 1 N–H and O–H groups in total. The molecule has 0 radical (unpaired) electrons. The Morgan fingerprint density at radius 1 is 1.35 bits per heavy atom. The van der Waals surface area contributed by atoms with Crippen molar-refractivity contribution in [2.45, 2.75) is 18.9 Å². The summed E-state index contributed by atoms with van der Waals surface area (Å²) >= 11 is 1.59. The number of carboxylic acid groups (broad SMARTS) is 1. The van der Waals surface area contributed by atoms with Crippen LogP contribution in [-0.2, 0) is 0 Å². The van der Waals surface area contributed by atoms with E-state index in [9.17, 15) is 4.79 Å². The largest absolute Gasteiger partial charge is 0.476 e. The standard InChI is InChI=1S/C11H17N3O2S/c1-3-14(4-2)7-8-17-10-6-5-9(11(15)16)12-13-10/h5-6H,3-4,7-8H2,1-2H3,(H,15,16). The zero-order valence-electron chi connectivity index (χ0n) is 10.1. The van der Waals surface area contributed by atoms with Crippen LogP contribution in [0.3, 0.4) is 0 Å². The van der Waals surface area contributed by atoms with Gasteiger partial charge in [0.1, 0.15) is 5.03 Å². The zero-order valence-corrected chi connectivity index (χ0v) is 10.9. The molecule has 0 atom stereocenters. The van der Waals surface area contributed by atoms with Crippen LogP contribution < -0.4 is 0 Å². The van der Waals surface area contributed by atoms with Gasteiger partial charge in [0.25, 0.3) is 0 Å². The third-order valence-corrected chi connectivity index (χ3v) is 3.31. The number of hydrogen-bond donors (Lipinski definition) is 1. The SMILES string of the molecule is CCN(CC)CCSc1ccc(C(=O)O)nn1. The van der Waals surface area contributed by atoms with Gasteiger partial charge >= 0.3 is 5.97 Å². The minimum Gasteiger partial charge on any atom is -0.476 e. The Hall–Kier alpha value is -1.14. The van der Waals surface area contributed by atoms with Crippen molar-refractivity contribution in [3.63, 3.8) is 0 Å². The van der Waals surface area contributed by atoms with E-state index in [2.05, 4.69) is 28.9 Å². The Labute approximate surface area is 105 Å². The van der Waals surface area contributed by atoms with Crippen molar-refractivity contribution in [1.29, 1.82) is 0 Å². The third-order valence-electron chi connectivity index (χ3n) is 2.41. The Morgan fingerprint density at radius 3 is 2.53 bits per heavy atom. The summed E-state index contributed by atoms with van der Waals surface area (Å²) in [6.07, 6.45) is 0. The van der Waals surface area contributed by atoms with Gasteiger partial charge in [-0.2, -0.15) is 0 Å². The van der Waals surface area contributed by atoms with Gasteiger partial charge in [0, 0.05) is 12.3 Å². The lowest BCUT2D eigenvalue weighted by atomic mass is 10.4. The van der Waals surface area contributed by atoms with Crippen LogP contribution in [0.15, 0.2) is 17.2 Å². The molecule has 1 rings (SSSR count). The molecule has 94 valence electrons. The molecule has 0 fully saturated rings. The molecular weight excluding hydrogens is 238 g/mol. The van der Waals surface area contributed by atoms with Crippen molar-refractivity contribution in [2.75, 3.05) is 25.4 Å². The molecule has 0 aliphatic heterocycles. The van der Waals surface area contributed by atoms with Crippen molar-refractivity contribution in [3.8, 4) is 0 Å². The van der Waals surface area contributed by atoms with E-state index in [4.69, 9.17) is 5.11 Å². The molecule has 0 unspecified atom stereocenters. The van der Waals surface area contributed by atoms with Gasteiger partial charge in [-0.05, 0) is 25.2 Å². The molecule has 0 saturated carbocycles. The summed E-state index contributed by atoms with van der Waals surface area (Å²) in [6, 6.07) is 3.18. The molecule has 1 aromatic heterocycles. The average molecular weight is 255 g/mol. The first-order chi connectivity index (χ1) is 8.17. The smallest absolute Gasteiger partial charge is 0.356 e. The summed E-state index contributed by atoms with van der Waals surface area (Å²) in [4.78, 5) is 12.9. The number of aromatic carboxylic acids is 1. The number of aromatic nitrogens is 2. The fourth-order valence-corrected chi connectivity index (χ4v) is 2.15. The van der Waals surface area contributed by atoms with Crippen LogP contribution in [0, 0.1) is 0 Å². The van der Waals surface area contributed by atoms with Crippen molar-refractivity contribution >= 4 is 17.7 Å². The first-order valence-electron chi connectivity index (χ1n) is 5.59. The van der Waals surface area contributed by atoms with E-state index < -0.39 is 5.97 Å². The summed E-state index contributed by atoms with van der Waals surface area (Å²) in [5.41, 5.74) is -0.0157. The highest BCUT2D eigenvalue weighted by Gasteiger charge is 2.05. The average Bonchev–Trinajstić information content (AvgIpc) is 2.35. The van der Waals surface area contributed by atoms with Crippen LogP contribution in [0.2, 0.25) is 0 Å². The van der Waals surface area contributed by atoms with Gasteiger partial charge in [0.15, 0.2) is 5.69 Å². The van der Waals surface area contributed by atoms with Crippen LogP contribution in [-0.4, -0.2) is 51.6 Å². The topological polar surface area (TPSA) is 66.3 Å². The van der Waals surface area contributed by atoms with Gasteiger partial charge in [-0.25, -0.2) is 4.79 Å². The lowest BCUT2D eigenvalue weighted by Crippen LogP contribution is -2.25. The minimum absolute atomic E-state index is 0.0157. The second-order valence-electron chi connectivity index (χ2n) is 3.44. The molecule has 0 saturated heterocycles. The van der Waals surface area contributed by atoms with Crippen LogP contribution in [0.4, 0.5) is 0 Å². The van der Waals surface area contributed by atoms with Gasteiger partial charge in [0.05, 0.1) is 0 Å². The molecule has 1 heterocycles. The summed E-state index contributed by atoms with van der Waals surface area (Å²) in [6.45, 7) is 7.35. The van der Waals surface area contributed by atoms with Crippen molar-refractivity contribution in [1.82, 2.24) is 15.1 Å². The maximum absolute atomic E-state index is 10.6. The van der Waals surface area contributed by atoms with Crippen molar-refractivity contribution in [2.24, 2.45) is 0 Å². The predicted octanol–water partition coefficient (Wildman–Crippen LogP) is 1.61. The minimum atomic E-state index is -1.04. The van der Waals surface area contributed by atoms with E-state index in [1.807, 2.05) is 0 Å². The van der Waals surface area contributed by atoms with Gasteiger partial charge in [-0.3, -0.25) is 0 Å². The molecule has 5 nitrogen and oxygen atoms in total. The molecule has 0 bridgehead atoms. The number of carboxylic acids is 1. The van der Waals surface area contributed by atoms with E-state index in [0.717, 1.165) is 30.4 Å². The Kier molecular flexibility index (Phi) is 5.93. The number of rotatable bonds is 7. The molecule has 0 aliphatic carbocycles. The summed E-state index contributed by atoms with van der Waals surface area (Å²) < 4.78 is 0. The first-order valence-corrected chi connectivity index (χ1v) is 6.58. The maximum atomic E-state index is 10.6. The Balaban J connectivity index is 2.39. The van der Waals surface area contributed by atoms with Crippen LogP contribution in [0.5, 0.6) is 0 Å². The fourth-order valence-electron chi connectivity index (χ4n) is 1.33. The van der Waals surface area contributed by atoms with Gasteiger partial charge in [-0.15, -0.1) is 22.0 Å². The summed E-state index contributed by atoms with van der Waals surface area (Å²) in [7, 11) is 0. The maximum Gasteiger partial charge on any atom is 0.356 e. The molecule has 0 aliphatic rings. The summed E-state index contributed by atoms with van der Waals surface area (Å²) in [5, 5.41) is 16.9. The lowest BCUT2D eigenvalue weighted by Gasteiger charge is -2.16. The van der Waals surface area contributed by atoms with Gasteiger partial charge < -0.3 is 10.0 Å².